The average Bonchev–Trinajstić information content (AvgIpc) is 2.29. The predicted molar refractivity (Wildman–Crippen MR) is 53.2 cm³/mol. The Balaban J connectivity index is 2.71. The van der Waals surface area contributed by atoms with E-state index in [9.17, 15) is 10.1 Å². The number of fused-ring (bicyclic) bond motifs is 1. The molecule has 0 unspecified atom stereocenters. The molecule has 0 amide bonds. The summed E-state index contributed by atoms with van der Waals surface area (Å²) in [4.78, 5) is 10.0. The van der Waals surface area contributed by atoms with Gasteiger partial charge in [0.2, 0.25) is 0 Å². The molecule has 82 valence electrons. The summed E-state index contributed by atoms with van der Waals surface area (Å²) >= 11 is 0. The van der Waals surface area contributed by atoms with Gasteiger partial charge in [-0.1, -0.05) is 0 Å². The second kappa shape index (κ2) is 3.58. The van der Waals surface area contributed by atoms with E-state index in [-0.39, 0.29) is 35.0 Å². The van der Waals surface area contributed by atoms with Crippen LogP contribution in [0.5, 0.6) is 11.5 Å². The number of anilines is 1. The van der Waals surface area contributed by atoms with Crippen LogP contribution in [-0.2, 0) is 0 Å². The number of nitro benzene ring substituents is 1. The van der Waals surface area contributed by atoms with Crippen LogP contribution < -0.4 is 15.2 Å². The van der Waals surface area contributed by atoms with Crippen LogP contribution in [0.15, 0.2) is 6.07 Å². The molecule has 0 saturated carbocycles. The van der Waals surface area contributed by atoms with Gasteiger partial charge < -0.3 is 15.2 Å². The Bertz CT molecular complexity index is 506. The summed E-state index contributed by atoms with van der Waals surface area (Å²) in [6.45, 7) is 0.544. The molecular weight excluding hydrogens is 214 g/mol. The highest BCUT2D eigenvalue weighted by molar-refractivity contribution is 5.76. The molecule has 0 saturated heterocycles. The summed E-state index contributed by atoms with van der Waals surface area (Å²) in [6, 6.07) is 2.90. The van der Waals surface area contributed by atoms with Crippen LogP contribution in [0.25, 0.3) is 0 Å². The van der Waals surface area contributed by atoms with Crippen LogP contribution in [-0.4, -0.2) is 18.1 Å². The molecule has 2 N–H and O–H groups in total. The topological polar surface area (TPSA) is 111 Å². The molecule has 0 fully saturated rings. The molecule has 1 aliphatic heterocycles. The highest BCUT2D eigenvalue weighted by atomic mass is 16.6. The number of hydrogen-bond donors (Lipinski definition) is 1. The molecule has 7 nitrogen and oxygen atoms in total. The molecule has 1 heterocycles. The number of nitrogen functional groups attached to an aromatic ring is 1. The zero-order valence-electron chi connectivity index (χ0n) is 8.10. The zero-order valence-corrected chi connectivity index (χ0v) is 8.10. The van der Waals surface area contributed by atoms with E-state index in [2.05, 4.69) is 0 Å². The molecule has 16 heavy (non-hydrogen) atoms. The van der Waals surface area contributed by atoms with Gasteiger partial charge in [-0.05, 0) is 0 Å². The molecule has 0 aromatic heterocycles. The first-order chi connectivity index (χ1) is 7.65. The van der Waals surface area contributed by atoms with E-state index in [4.69, 9.17) is 20.5 Å². The molecule has 1 aromatic carbocycles. The van der Waals surface area contributed by atoms with Crippen LogP contribution in [0.2, 0.25) is 0 Å². The van der Waals surface area contributed by atoms with Crippen molar-refractivity contribution < 1.29 is 14.4 Å². The predicted octanol–water partition coefficient (Wildman–Crippen LogP) is 0.820. The fourth-order valence-electron chi connectivity index (χ4n) is 1.45. The minimum absolute atomic E-state index is 0.0515. The highest BCUT2D eigenvalue weighted by Crippen LogP contribution is 2.43. The van der Waals surface area contributed by atoms with Crippen molar-refractivity contribution in [2.24, 2.45) is 0 Å². The van der Waals surface area contributed by atoms with E-state index < -0.39 is 4.92 Å². The van der Waals surface area contributed by atoms with Crippen molar-refractivity contribution in [3.05, 3.63) is 21.7 Å². The van der Waals surface area contributed by atoms with Gasteiger partial charge in [0.05, 0.1) is 4.92 Å². The van der Waals surface area contributed by atoms with Gasteiger partial charge in [0.25, 0.3) is 5.69 Å². The van der Waals surface area contributed by atoms with Gasteiger partial charge in [0.1, 0.15) is 24.8 Å². The van der Waals surface area contributed by atoms with Crippen LogP contribution in [0.3, 0.4) is 0 Å². The van der Waals surface area contributed by atoms with Gasteiger partial charge in [0.15, 0.2) is 17.2 Å². The molecule has 1 aromatic rings. The summed E-state index contributed by atoms with van der Waals surface area (Å²) in [6.07, 6.45) is 0. The third-order valence-corrected chi connectivity index (χ3v) is 2.15. The van der Waals surface area contributed by atoms with Gasteiger partial charge in [-0.3, -0.25) is 10.1 Å². The Morgan fingerprint density at radius 2 is 2.06 bits per heavy atom. The molecule has 0 radical (unpaired) electrons. The fourth-order valence-corrected chi connectivity index (χ4v) is 1.45. The number of hydrogen-bond acceptors (Lipinski definition) is 6. The van der Waals surface area contributed by atoms with Gasteiger partial charge in [-0.2, -0.15) is 5.26 Å². The molecule has 2 rings (SSSR count). The minimum Gasteiger partial charge on any atom is -0.485 e. The van der Waals surface area contributed by atoms with Crippen molar-refractivity contribution in [3.63, 3.8) is 0 Å². The van der Waals surface area contributed by atoms with Crippen LogP contribution in [0.4, 0.5) is 11.4 Å². The number of nitriles is 1. The number of benzene rings is 1. The quantitative estimate of drug-likeness (QED) is 0.426. The molecule has 0 spiro atoms. The number of nitrogens with two attached hydrogens (primary N) is 1. The maximum atomic E-state index is 10.7. The van der Waals surface area contributed by atoms with E-state index in [1.165, 1.54) is 0 Å². The second-order valence-electron chi connectivity index (χ2n) is 3.08. The van der Waals surface area contributed by atoms with E-state index in [0.29, 0.717) is 6.61 Å². The van der Waals surface area contributed by atoms with E-state index in [1.807, 2.05) is 6.07 Å². The number of rotatable bonds is 1. The van der Waals surface area contributed by atoms with E-state index in [0.717, 1.165) is 6.07 Å². The highest BCUT2D eigenvalue weighted by Gasteiger charge is 2.27. The van der Waals surface area contributed by atoms with Crippen molar-refractivity contribution in [2.45, 2.75) is 0 Å². The first-order valence-corrected chi connectivity index (χ1v) is 4.41. The minimum atomic E-state index is -0.658. The van der Waals surface area contributed by atoms with Crippen molar-refractivity contribution in [1.82, 2.24) is 0 Å². The zero-order chi connectivity index (χ0) is 11.7. The van der Waals surface area contributed by atoms with Crippen molar-refractivity contribution in [1.29, 1.82) is 5.26 Å². The van der Waals surface area contributed by atoms with Crippen molar-refractivity contribution >= 4 is 11.4 Å². The summed E-state index contributed by atoms with van der Waals surface area (Å²) < 4.78 is 10.4. The van der Waals surface area contributed by atoms with Crippen LogP contribution in [0, 0.1) is 21.4 Å². The van der Waals surface area contributed by atoms with E-state index >= 15 is 0 Å². The van der Waals surface area contributed by atoms with E-state index in [1.54, 1.807) is 0 Å². The Hall–Kier alpha value is -2.49. The van der Waals surface area contributed by atoms with Gasteiger partial charge in [-0.15, -0.1) is 0 Å². The Morgan fingerprint density at radius 1 is 1.44 bits per heavy atom. The summed E-state index contributed by atoms with van der Waals surface area (Å²) in [5.74, 6) is 0.258. The van der Waals surface area contributed by atoms with Gasteiger partial charge in [0, 0.05) is 6.07 Å². The largest absolute Gasteiger partial charge is 0.485 e. The third kappa shape index (κ3) is 1.37. The maximum Gasteiger partial charge on any atom is 0.297 e. The number of nitrogens with zero attached hydrogens (tertiary/aromatic N) is 2. The molecule has 7 heteroatoms. The Morgan fingerprint density at radius 3 is 2.62 bits per heavy atom. The first-order valence-electron chi connectivity index (χ1n) is 4.41. The van der Waals surface area contributed by atoms with Gasteiger partial charge in [-0.25, -0.2) is 0 Å². The molecule has 0 aliphatic carbocycles. The smallest absolute Gasteiger partial charge is 0.297 e. The molecule has 0 atom stereocenters. The second-order valence-corrected chi connectivity index (χ2v) is 3.08. The van der Waals surface area contributed by atoms with Crippen LogP contribution in [0.1, 0.15) is 5.56 Å². The van der Waals surface area contributed by atoms with Crippen molar-refractivity contribution in [2.75, 3.05) is 18.9 Å². The van der Waals surface area contributed by atoms with Crippen molar-refractivity contribution in [3.8, 4) is 17.6 Å². The standard InChI is InChI=1S/C9H7N3O4/c10-4-5-3-6(12(13)14)7(11)9-8(5)15-1-2-16-9/h3H,1-2,11H2. The fraction of sp³-hybridized carbons (Fsp3) is 0.222. The van der Waals surface area contributed by atoms with Crippen LogP contribution >= 0.6 is 0 Å². The Labute approximate surface area is 90.1 Å². The molecule has 0 bridgehead atoms. The van der Waals surface area contributed by atoms with Gasteiger partial charge >= 0.3 is 0 Å². The lowest BCUT2D eigenvalue weighted by molar-refractivity contribution is -0.384. The SMILES string of the molecule is N#Cc1cc([N+](=O)[O-])c(N)c2c1OCCO2. The third-order valence-electron chi connectivity index (χ3n) is 2.15. The first kappa shape index (κ1) is 10.0. The summed E-state index contributed by atoms with van der Waals surface area (Å²) in [5.41, 5.74) is 5.17. The maximum absolute atomic E-state index is 10.7. The Kier molecular flexibility index (Phi) is 2.25. The average molecular weight is 221 g/mol. The summed E-state index contributed by atoms with van der Waals surface area (Å²) in [5, 5.41) is 19.5. The lowest BCUT2D eigenvalue weighted by atomic mass is 10.1. The lowest BCUT2D eigenvalue weighted by Crippen LogP contribution is -2.18. The monoisotopic (exact) mass is 221 g/mol. The number of ether oxygens (including phenoxy) is 2. The molecule has 1 aliphatic rings. The molecular formula is C9H7N3O4. The number of nitro groups is 1. The lowest BCUT2D eigenvalue weighted by Gasteiger charge is -2.20. The summed E-state index contributed by atoms with van der Waals surface area (Å²) in [7, 11) is 0. The normalized spacial score (nSPS) is 12.9.